The molecule has 3 N–H and O–H groups in total. The third kappa shape index (κ3) is 75.3. The van der Waals surface area contributed by atoms with Crippen LogP contribution < -0.4 is 0 Å². The number of aliphatic hydroxyl groups excluding tert-OH is 1. The molecule has 0 bridgehead atoms. The largest absolute Gasteiger partial charge is 0.472 e. The molecule has 0 amide bonds. The lowest BCUT2D eigenvalue weighted by Gasteiger charge is -2.21. The predicted octanol–water partition coefficient (Wildman–Crippen LogP) is 25.5. The Balaban J connectivity index is 5.24. The average Bonchev–Trinajstić information content (AvgIpc) is 0.915. The molecular weight excluding hydrogens is 1340 g/mol. The summed E-state index contributed by atoms with van der Waals surface area (Å²) in [5.74, 6) is -0.561. The molecule has 0 fully saturated rings. The SMILES string of the molecule is CCCCCCCCCCCCCCCCCCCCCCCC(=O)O[C@H](COC(=O)CCCCCCCCCCCCCCCCCCCC)COP(=O)(O)OC[C@@H](O)COP(=O)(O)OC[C@@H](COC(=O)CCCCCCCCCCC(C)CC)OC(=O)CCCCCCCCCCC(C)CC. The first-order valence-corrected chi connectivity index (χ1v) is 46.6. The van der Waals surface area contributed by atoms with Crippen molar-refractivity contribution in [1.82, 2.24) is 0 Å². The van der Waals surface area contributed by atoms with E-state index in [1.54, 1.807) is 0 Å². The van der Waals surface area contributed by atoms with Gasteiger partial charge in [0.15, 0.2) is 12.2 Å². The highest BCUT2D eigenvalue weighted by Crippen LogP contribution is 2.45. The van der Waals surface area contributed by atoms with Crippen LogP contribution in [0.1, 0.15) is 446 Å². The highest BCUT2D eigenvalue weighted by molar-refractivity contribution is 7.47. The summed E-state index contributed by atoms with van der Waals surface area (Å²) in [6.45, 7) is 9.65. The number of hydrogen-bond acceptors (Lipinski definition) is 15. The number of ether oxygens (including phenoxy) is 4. The van der Waals surface area contributed by atoms with Crippen LogP contribution in [-0.4, -0.2) is 96.7 Å². The van der Waals surface area contributed by atoms with Gasteiger partial charge in [0.1, 0.15) is 19.3 Å². The molecule has 0 saturated heterocycles. The molecule has 103 heavy (non-hydrogen) atoms. The zero-order valence-corrected chi connectivity index (χ0v) is 69.4. The van der Waals surface area contributed by atoms with E-state index in [2.05, 4.69) is 41.5 Å². The van der Waals surface area contributed by atoms with E-state index in [1.165, 1.54) is 263 Å². The van der Waals surface area contributed by atoms with Crippen molar-refractivity contribution in [3.63, 3.8) is 0 Å². The van der Waals surface area contributed by atoms with Gasteiger partial charge in [0.25, 0.3) is 0 Å². The van der Waals surface area contributed by atoms with Gasteiger partial charge < -0.3 is 33.8 Å². The summed E-state index contributed by atoms with van der Waals surface area (Å²) in [5.41, 5.74) is 0. The Hall–Kier alpha value is -1.94. The van der Waals surface area contributed by atoms with Crippen molar-refractivity contribution in [2.24, 2.45) is 11.8 Å². The molecule has 0 heterocycles. The summed E-state index contributed by atoms with van der Waals surface area (Å²) in [6, 6.07) is 0. The summed E-state index contributed by atoms with van der Waals surface area (Å²) in [6.07, 6.45) is 66.7. The first kappa shape index (κ1) is 101. The predicted molar refractivity (Wildman–Crippen MR) is 423 cm³/mol. The van der Waals surface area contributed by atoms with Gasteiger partial charge in [-0.05, 0) is 37.5 Å². The maximum atomic E-state index is 13.1. The second-order valence-electron chi connectivity index (χ2n) is 30.7. The Kier molecular flexibility index (Phi) is 74.1. The molecule has 4 unspecified atom stereocenters. The minimum Gasteiger partial charge on any atom is -0.462 e. The Morgan fingerprint density at radius 1 is 0.272 bits per heavy atom. The van der Waals surface area contributed by atoms with Crippen LogP contribution in [0.3, 0.4) is 0 Å². The van der Waals surface area contributed by atoms with Gasteiger partial charge in [-0.3, -0.25) is 37.3 Å². The number of aliphatic hydroxyl groups is 1. The summed E-state index contributed by atoms with van der Waals surface area (Å²) in [5, 5.41) is 10.7. The Morgan fingerprint density at radius 2 is 0.466 bits per heavy atom. The Labute approximate surface area is 632 Å². The van der Waals surface area contributed by atoms with Crippen LogP contribution >= 0.6 is 15.6 Å². The van der Waals surface area contributed by atoms with Crippen molar-refractivity contribution in [3.8, 4) is 0 Å². The van der Waals surface area contributed by atoms with Gasteiger partial charge in [-0.2, -0.15) is 0 Å². The molecule has 0 aliphatic carbocycles. The molecule has 0 radical (unpaired) electrons. The lowest BCUT2D eigenvalue weighted by atomic mass is 9.99. The molecule has 0 aliphatic heterocycles. The second kappa shape index (κ2) is 75.5. The van der Waals surface area contributed by atoms with Crippen LogP contribution in [0.15, 0.2) is 0 Å². The fourth-order valence-corrected chi connectivity index (χ4v) is 14.6. The minimum absolute atomic E-state index is 0.105. The van der Waals surface area contributed by atoms with E-state index in [4.69, 9.17) is 37.0 Å². The normalized spacial score (nSPS) is 14.4. The van der Waals surface area contributed by atoms with Gasteiger partial charge in [-0.1, -0.05) is 395 Å². The number of hydrogen-bond donors (Lipinski definition) is 3. The highest BCUT2D eigenvalue weighted by atomic mass is 31.2. The van der Waals surface area contributed by atoms with Gasteiger partial charge >= 0.3 is 39.5 Å². The molecule has 612 valence electrons. The second-order valence-corrected chi connectivity index (χ2v) is 33.6. The number of phosphoric acid groups is 2. The molecule has 0 aromatic rings. The molecule has 17 nitrogen and oxygen atoms in total. The molecule has 0 aromatic carbocycles. The first-order chi connectivity index (χ1) is 49.9. The van der Waals surface area contributed by atoms with E-state index in [0.717, 1.165) is 102 Å². The molecule has 0 aliphatic rings. The van der Waals surface area contributed by atoms with Gasteiger partial charge in [-0.25, -0.2) is 9.13 Å². The van der Waals surface area contributed by atoms with E-state index < -0.39 is 97.5 Å². The Morgan fingerprint density at radius 3 is 0.689 bits per heavy atom. The van der Waals surface area contributed by atoms with Gasteiger partial charge in [0.2, 0.25) is 0 Å². The summed E-state index contributed by atoms with van der Waals surface area (Å²) in [7, 11) is -9.92. The van der Waals surface area contributed by atoms with E-state index in [1.807, 2.05) is 0 Å². The molecule has 19 heteroatoms. The van der Waals surface area contributed by atoms with Crippen molar-refractivity contribution in [2.45, 2.75) is 464 Å². The lowest BCUT2D eigenvalue weighted by molar-refractivity contribution is -0.161. The zero-order chi connectivity index (χ0) is 75.6. The van der Waals surface area contributed by atoms with Crippen LogP contribution in [0.25, 0.3) is 0 Å². The average molecular weight is 1510 g/mol. The molecule has 0 rings (SSSR count). The van der Waals surface area contributed by atoms with Gasteiger partial charge in [0.05, 0.1) is 26.4 Å². The number of unbranched alkanes of at least 4 members (excludes halogenated alkanes) is 51. The van der Waals surface area contributed by atoms with E-state index in [-0.39, 0.29) is 25.7 Å². The van der Waals surface area contributed by atoms with Crippen LogP contribution in [0.5, 0.6) is 0 Å². The third-order valence-electron chi connectivity index (χ3n) is 20.4. The van der Waals surface area contributed by atoms with Crippen molar-refractivity contribution in [2.75, 3.05) is 39.6 Å². The van der Waals surface area contributed by atoms with Crippen molar-refractivity contribution in [3.05, 3.63) is 0 Å². The maximum Gasteiger partial charge on any atom is 0.472 e. The maximum absolute atomic E-state index is 13.1. The van der Waals surface area contributed by atoms with Gasteiger partial charge in [-0.15, -0.1) is 0 Å². The first-order valence-electron chi connectivity index (χ1n) is 43.6. The fourth-order valence-electron chi connectivity index (χ4n) is 13.0. The van der Waals surface area contributed by atoms with Crippen molar-refractivity contribution in [1.29, 1.82) is 0 Å². The standard InChI is InChI=1S/C84H164O17P2/c1-7-11-13-15-17-19-21-23-25-27-29-30-31-33-35-37-39-41-50-56-62-68-83(88)100-79(72-94-81(86)66-60-54-48-40-38-36-34-32-28-26-24-22-20-18-16-14-12-8-2)74-98-102(90,91)96-70-78(85)71-97-103(92,93)99-75-80(101-84(89)69-63-57-51-45-43-47-53-59-65-77(6)10-4)73-95-82(87)67-61-55-49-44-42-46-52-58-64-76(5)9-3/h76-80,85H,7-75H2,1-6H3,(H,90,91)(H,92,93)/t76?,77?,78-,79-,80-/m1/s1. The summed E-state index contributed by atoms with van der Waals surface area (Å²) < 4.78 is 68.8. The highest BCUT2D eigenvalue weighted by Gasteiger charge is 2.30. The number of carbonyl (C=O) groups is 4. The number of esters is 4. The number of carbonyl (C=O) groups excluding carboxylic acids is 4. The topological polar surface area (TPSA) is 237 Å². The van der Waals surface area contributed by atoms with Crippen LogP contribution in [-0.2, 0) is 65.4 Å². The lowest BCUT2D eigenvalue weighted by Crippen LogP contribution is -2.30. The quantitative estimate of drug-likeness (QED) is 0.0222. The van der Waals surface area contributed by atoms with Crippen LogP contribution in [0.4, 0.5) is 0 Å². The summed E-state index contributed by atoms with van der Waals surface area (Å²) >= 11 is 0. The Bertz CT molecular complexity index is 1980. The van der Waals surface area contributed by atoms with E-state index in [0.29, 0.717) is 25.7 Å². The third-order valence-corrected chi connectivity index (χ3v) is 22.3. The van der Waals surface area contributed by atoms with E-state index >= 15 is 0 Å². The van der Waals surface area contributed by atoms with Crippen molar-refractivity contribution >= 4 is 39.5 Å². The smallest absolute Gasteiger partial charge is 0.462 e. The molecule has 0 aromatic heterocycles. The molecule has 0 saturated carbocycles. The molecule has 0 spiro atoms. The van der Waals surface area contributed by atoms with Crippen LogP contribution in [0, 0.1) is 11.8 Å². The fraction of sp³-hybridized carbons (Fsp3) is 0.952. The van der Waals surface area contributed by atoms with Crippen LogP contribution in [0.2, 0.25) is 0 Å². The van der Waals surface area contributed by atoms with E-state index in [9.17, 15) is 43.2 Å². The monoisotopic (exact) mass is 1510 g/mol. The minimum atomic E-state index is -4.96. The van der Waals surface area contributed by atoms with Crippen molar-refractivity contribution < 1.29 is 80.2 Å². The number of rotatable bonds is 83. The zero-order valence-electron chi connectivity index (χ0n) is 67.6. The number of phosphoric ester groups is 2. The molecular formula is C84H164O17P2. The van der Waals surface area contributed by atoms with Gasteiger partial charge in [0, 0.05) is 25.7 Å². The molecule has 7 atom stereocenters. The summed E-state index contributed by atoms with van der Waals surface area (Å²) in [4.78, 5) is 73.1.